The van der Waals surface area contributed by atoms with E-state index in [0.29, 0.717) is 12.0 Å². The van der Waals surface area contributed by atoms with Crippen molar-refractivity contribution in [1.29, 1.82) is 5.26 Å². The Balaban J connectivity index is 2.57. The zero-order valence-electron chi connectivity index (χ0n) is 10.4. The van der Waals surface area contributed by atoms with Crippen LogP contribution in [-0.2, 0) is 9.53 Å². The molecule has 0 aromatic heterocycles. The van der Waals surface area contributed by atoms with Crippen LogP contribution in [0.4, 0.5) is 5.69 Å². The normalized spacial score (nSPS) is 9.67. The van der Waals surface area contributed by atoms with Gasteiger partial charge in [0.2, 0.25) is 0 Å². The first-order valence-corrected chi connectivity index (χ1v) is 6.35. The van der Waals surface area contributed by atoms with Gasteiger partial charge < -0.3 is 9.64 Å². The summed E-state index contributed by atoms with van der Waals surface area (Å²) < 4.78 is 5.37. The second-order valence-electron chi connectivity index (χ2n) is 3.88. The molecule has 1 aromatic carbocycles. The first-order valence-electron chi connectivity index (χ1n) is 5.56. The fourth-order valence-corrected chi connectivity index (χ4v) is 1.98. The number of rotatable bonds is 5. The third-order valence-corrected chi connectivity index (χ3v) is 3.27. The average Bonchev–Trinajstić information content (AvgIpc) is 2.38. The highest BCUT2D eigenvalue weighted by Gasteiger charge is 2.06. The minimum atomic E-state index is -0.190. The van der Waals surface area contributed by atoms with Crippen LogP contribution in [0.25, 0.3) is 0 Å². The van der Waals surface area contributed by atoms with E-state index in [0.717, 1.165) is 23.1 Å². The van der Waals surface area contributed by atoms with Gasteiger partial charge in [-0.05, 0) is 40.5 Å². The van der Waals surface area contributed by atoms with Crippen molar-refractivity contribution in [2.45, 2.75) is 12.8 Å². The van der Waals surface area contributed by atoms with Crippen LogP contribution in [0.5, 0.6) is 0 Å². The molecule has 0 fully saturated rings. The number of carbonyl (C=O) groups excluding carboxylic acids is 1. The van der Waals surface area contributed by atoms with Gasteiger partial charge in [0.25, 0.3) is 0 Å². The third kappa shape index (κ3) is 4.04. The molecule has 0 amide bonds. The van der Waals surface area contributed by atoms with Gasteiger partial charge in [0.05, 0.1) is 12.7 Å². The Morgan fingerprint density at radius 3 is 2.83 bits per heavy atom. The van der Waals surface area contributed by atoms with E-state index in [4.69, 9.17) is 5.26 Å². The highest BCUT2D eigenvalue weighted by molar-refractivity contribution is 9.10. The van der Waals surface area contributed by atoms with E-state index in [-0.39, 0.29) is 5.97 Å². The van der Waals surface area contributed by atoms with Crippen molar-refractivity contribution in [3.63, 3.8) is 0 Å². The lowest BCUT2D eigenvalue weighted by molar-refractivity contribution is -0.140. The summed E-state index contributed by atoms with van der Waals surface area (Å²) in [5.41, 5.74) is 1.62. The molecule has 0 N–H and O–H groups in total. The van der Waals surface area contributed by atoms with Crippen molar-refractivity contribution in [2.24, 2.45) is 0 Å². The number of nitriles is 1. The van der Waals surface area contributed by atoms with Crippen LogP contribution < -0.4 is 4.90 Å². The van der Waals surface area contributed by atoms with Crippen molar-refractivity contribution in [1.82, 2.24) is 0 Å². The van der Waals surface area contributed by atoms with Crippen LogP contribution in [0.3, 0.4) is 0 Å². The van der Waals surface area contributed by atoms with Crippen molar-refractivity contribution in [3.05, 3.63) is 28.2 Å². The molecule has 0 unspecified atom stereocenters. The molecule has 0 spiro atoms. The topological polar surface area (TPSA) is 53.3 Å². The second kappa shape index (κ2) is 7.02. The molecular weight excluding hydrogens is 296 g/mol. The summed E-state index contributed by atoms with van der Waals surface area (Å²) in [5, 5.41) is 8.83. The summed E-state index contributed by atoms with van der Waals surface area (Å²) in [6, 6.07) is 7.66. The standard InChI is InChI=1S/C13H15BrN2O2/c1-16(7-3-4-13(17)18-2)11-6-5-10(9-15)12(14)8-11/h5-6,8H,3-4,7H2,1-2H3. The van der Waals surface area contributed by atoms with Crippen molar-refractivity contribution in [3.8, 4) is 6.07 Å². The van der Waals surface area contributed by atoms with Gasteiger partial charge in [-0.15, -0.1) is 0 Å². The lowest BCUT2D eigenvalue weighted by Gasteiger charge is -2.19. The molecule has 0 aliphatic rings. The first kappa shape index (κ1) is 14.5. The van der Waals surface area contributed by atoms with E-state index in [9.17, 15) is 4.79 Å². The van der Waals surface area contributed by atoms with Gasteiger partial charge in [0, 0.05) is 30.2 Å². The number of nitrogens with zero attached hydrogens (tertiary/aromatic N) is 2. The predicted molar refractivity (Wildman–Crippen MR) is 73.4 cm³/mol. The predicted octanol–water partition coefficient (Wildman–Crippen LogP) is 2.71. The van der Waals surface area contributed by atoms with Gasteiger partial charge in [-0.3, -0.25) is 4.79 Å². The maximum atomic E-state index is 11.0. The molecule has 1 rings (SSSR count). The van der Waals surface area contributed by atoms with Crippen molar-refractivity contribution in [2.75, 3.05) is 25.6 Å². The van der Waals surface area contributed by atoms with Gasteiger partial charge in [-0.1, -0.05) is 0 Å². The highest BCUT2D eigenvalue weighted by atomic mass is 79.9. The molecule has 0 aliphatic heterocycles. The number of hydrogen-bond acceptors (Lipinski definition) is 4. The lowest BCUT2D eigenvalue weighted by atomic mass is 10.2. The van der Waals surface area contributed by atoms with E-state index < -0.39 is 0 Å². The molecule has 0 atom stereocenters. The van der Waals surface area contributed by atoms with Crippen LogP contribution >= 0.6 is 15.9 Å². The molecule has 0 saturated carbocycles. The zero-order valence-corrected chi connectivity index (χ0v) is 12.0. The Labute approximate surface area is 115 Å². The van der Waals surface area contributed by atoms with Crippen LogP contribution in [0, 0.1) is 11.3 Å². The maximum absolute atomic E-state index is 11.0. The number of carbonyl (C=O) groups is 1. The summed E-state index contributed by atoms with van der Waals surface area (Å²) in [5.74, 6) is -0.190. The molecule has 0 bridgehead atoms. The fourth-order valence-electron chi connectivity index (χ4n) is 1.52. The van der Waals surface area contributed by atoms with Gasteiger partial charge in [0.1, 0.15) is 6.07 Å². The van der Waals surface area contributed by atoms with E-state index in [1.165, 1.54) is 7.11 Å². The number of halogens is 1. The maximum Gasteiger partial charge on any atom is 0.305 e. The van der Waals surface area contributed by atoms with Gasteiger partial charge >= 0.3 is 5.97 Å². The number of methoxy groups -OCH3 is 1. The Hall–Kier alpha value is -1.54. The molecule has 0 aliphatic carbocycles. The summed E-state index contributed by atoms with van der Waals surface area (Å²) in [4.78, 5) is 13.0. The van der Waals surface area contributed by atoms with Crippen LogP contribution in [0.15, 0.2) is 22.7 Å². The van der Waals surface area contributed by atoms with Crippen molar-refractivity contribution >= 4 is 27.6 Å². The number of hydrogen-bond donors (Lipinski definition) is 0. The van der Waals surface area contributed by atoms with Crippen molar-refractivity contribution < 1.29 is 9.53 Å². The summed E-state index contributed by atoms with van der Waals surface area (Å²) >= 11 is 3.35. The zero-order chi connectivity index (χ0) is 13.5. The molecule has 0 radical (unpaired) electrons. The number of anilines is 1. The van der Waals surface area contributed by atoms with E-state index >= 15 is 0 Å². The van der Waals surface area contributed by atoms with E-state index in [2.05, 4.69) is 26.7 Å². The van der Waals surface area contributed by atoms with Gasteiger partial charge in [0.15, 0.2) is 0 Å². The van der Waals surface area contributed by atoms with Crippen LogP contribution in [0.1, 0.15) is 18.4 Å². The third-order valence-electron chi connectivity index (χ3n) is 2.62. The summed E-state index contributed by atoms with van der Waals surface area (Å²) in [6.45, 7) is 0.757. The molecule has 5 heteroatoms. The largest absolute Gasteiger partial charge is 0.469 e. The number of esters is 1. The molecule has 1 aromatic rings. The smallest absolute Gasteiger partial charge is 0.305 e. The van der Waals surface area contributed by atoms with Gasteiger partial charge in [-0.25, -0.2) is 0 Å². The minimum Gasteiger partial charge on any atom is -0.469 e. The summed E-state index contributed by atoms with van der Waals surface area (Å²) in [7, 11) is 3.34. The molecule has 0 heterocycles. The average molecular weight is 311 g/mol. The molecule has 18 heavy (non-hydrogen) atoms. The fraction of sp³-hybridized carbons (Fsp3) is 0.385. The molecule has 4 nitrogen and oxygen atoms in total. The second-order valence-corrected chi connectivity index (χ2v) is 4.73. The quantitative estimate of drug-likeness (QED) is 0.785. The van der Waals surface area contributed by atoms with Gasteiger partial charge in [-0.2, -0.15) is 5.26 Å². The number of ether oxygens (including phenoxy) is 1. The Kier molecular flexibility index (Phi) is 5.66. The first-order chi connectivity index (χ1) is 8.58. The lowest BCUT2D eigenvalue weighted by Crippen LogP contribution is -2.19. The highest BCUT2D eigenvalue weighted by Crippen LogP contribution is 2.23. The van der Waals surface area contributed by atoms with E-state index in [1.54, 1.807) is 6.07 Å². The number of benzene rings is 1. The Bertz CT molecular complexity index is 469. The minimum absolute atomic E-state index is 0.190. The Morgan fingerprint density at radius 1 is 1.56 bits per heavy atom. The van der Waals surface area contributed by atoms with Crippen LogP contribution in [0.2, 0.25) is 0 Å². The monoisotopic (exact) mass is 310 g/mol. The Morgan fingerprint density at radius 2 is 2.28 bits per heavy atom. The SMILES string of the molecule is COC(=O)CCCN(C)c1ccc(C#N)c(Br)c1. The molecule has 96 valence electrons. The van der Waals surface area contributed by atoms with Crippen LogP contribution in [-0.4, -0.2) is 26.7 Å². The van der Waals surface area contributed by atoms with E-state index in [1.807, 2.05) is 24.1 Å². The molecular formula is C13H15BrN2O2. The summed E-state index contributed by atoms with van der Waals surface area (Å²) in [6.07, 6.45) is 1.15. The molecule has 0 saturated heterocycles.